The van der Waals surface area contributed by atoms with Gasteiger partial charge in [-0.05, 0) is 74.2 Å². The Morgan fingerprint density at radius 3 is 1.88 bits per heavy atom. The number of benzene rings is 2. The van der Waals surface area contributed by atoms with Gasteiger partial charge in [0.1, 0.15) is 11.5 Å². The van der Waals surface area contributed by atoms with Gasteiger partial charge < -0.3 is 9.84 Å². The molecule has 0 bridgehead atoms. The van der Waals surface area contributed by atoms with Crippen molar-refractivity contribution in [2.24, 2.45) is 0 Å². The summed E-state index contributed by atoms with van der Waals surface area (Å²) in [5.41, 5.74) is 4.03. The number of hydrogen-bond acceptors (Lipinski definition) is 4. The van der Waals surface area contributed by atoms with Gasteiger partial charge in [-0.1, -0.05) is 0 Å². The van der Waals surface area contributed by atoms with Gasteiger partial charge in [0, 0.05) is 0 Å². The molecule has 24 heavy (non-hydrogen) atoms. The van der Waals surface area contributed by atoms with Crippen molar-refractivity contribution in [3.63, 3.8) is 0 Å². The average molecular weight is 349 g/mol. The fourth-order valence-corrected chi connectivity index (χ4v) is 3.81. The lowest BCUT2D eigenvalue weighted by atomic mass is 10.1. The molecule has 2 rings (SSSR count). The molecule has 0 saturated heterocycles. The standard InChI is InChI=1S/C18H23NO4S/c1-11-9-17(20)13(3)7-15(11)19(24(6,21)22)16-8-14(4)18(23-5)10-12(16)2/h7-10,20H,1-6H3. The Labute approximate surface area is 143 Å². The molecule has 0 spiro atoms. The maximum atomic E-state index is 12.5. The summed E-state index contributed by atoms with van der Waals surface area (Å²) in [5, 5.41) is 9.86. The highest BCUT2D eigenvalue weighted by atomic mass is 32.2. The lowest BCUT2D eigenvalue weighted by Gasteiger charge is -2.27. The molecule has 0 saturated carbocycles. The zero-order valence-electron chi connectivity index (χ0n) is 14.8. The van der Waals surface area contributed by atoms with Crippen molar-refractivity contribution in [2.75, 3.05) is 17.7 Å². The molecule has 130 valence electrons. The number of nitrogens with zero attached hydrogens (tertiary/aromatic N) is 1. The molecule has 5 nitrogen and oxygen atoms in total. The molecular formula is C18H23NO4S. The molecule has 0 heterocycles. The molecule has 0 aliphatic heterocycles. The average Bonchev–Trinajstić information content (AvgIpc) is 2.46. The summed E-state index contributed by atoms with van der Waals surface area (Å²) >= 11 is 0. The normalized spacial score (nSPS) is 11.4. The zero-order valence-corrected chi connectivity index (χ0v) is 15.7. The summed E-state index contributed by atoms with van der Waals surface area (Å²) < 4.78 is 31.7. The van der Waals surface area contributed by atoms with E-state index in [9.17, 15) is 13.5 Å². The molecule has 2 aromatic rings. The number of rotatable bonds is 4. The molecule has 0 aliphatic carbocycles. The third-order valence-electron chi connectivity index (χ3n) is 4.00. The minimum atomic E-state index is -3.57. The number of aryl methyl sites for hydroxylation is 4. The molecule has 0 unspecified atom stereocenters. The molecule has 2 aromatic carbocycles. The lowest BCUT2D eigenvalue weighted by molar-refractivity contribution is 0.411. The van der Waals surface area contributed by atoms with E-state index in [4.69, 9.17) is 4.74 Å². The molecule has 0 aliphatic rings. The Morgan fingerprint density at radius 1 is 0.875 bits per heavy atom. The van der Waals surface area contributed by atoms with Gasteiger partial charge in [-0.15, -0.1) is 0 Å². The van der Waals surface area contributed by atoms with Gasteiger partial charge in [-0.25, -0.2) is 12.7 Å². The van der Waals surface area contributed by atoms with Crippen molar-refractivity contribution >= 4 is 21.4 Å². The Balaban J connectivity index is 2.78. The van der Waals surface area contributed by atoms with E-state index < -0.39 is 10.0 Å². The second kappa shape index (κ2) is 6.36. The van der Waals surface area contributed by atoms with Crippen LogP contribution in [-0.2, 0) is 10.0 Å². The van der Waals surface area contributed by atoms with Gasteiger partial charge in [-0.2, -0.15) is 0 Å². The minimum absolute atomic E-state index is 0.146. The third-order valence-corrected chi connectivity index (χ3v) is 5.05. The number of hydrogen-bond donors (Lipinski definition) is 1. The van der Waals surface area contributed by atoms with E-state index in [1.54, 1.807) is 39.2 Å². The van der Waals surface area contributed by atoms with Gasteiger partial charge >= 0.3 is 0 Å². The molecule has 0 radical (unpaired) electrons. The lowest BCUT2D eigenvalue weighted by Crippen LogP contribution is -2.26. The monoisotopic (exact) mass is 349 g/mol. The number of sulfonamides is 1. The first kappa shape index (κ1) is 18.1. The van der Waals surface area contributed by atoms with Crippen LogP contribution in [0.1, 0.15) is 22.3 Å². The maximum Gasteiger partial charge on any atom is 0.236 e. The van der Waals surface area contributed by atoms with Gasteiger partial charge in [0.2, 0.25) is 10.0 Å². The topological polar surface area (TPSA) is 66.8 Å². The van der Waals surface area contributed by atoms with Crippen LogP contribution in [-0.4, -0.2) is 26.9 Å². The predicted molar refractivity (Wildman–Crippen MR) is 97.0 cm³/mol. The van der Waals surface area contributed by atoms with Crippen LogP contribution in [0.3, 0.4) is 0 Å². The van der Waals surface area contributed by atoms with Crippen molar-refractivity contribution in [1.29, 1.82) is 0 Å². The summed E-state index contributed by atoms with van der Waals surface area (Å²) in [6, 6.07) is 6.89. The van der Waals surface area contributed by atoms with E-state index in [1.165, 1.54) is 10.6 Å². The van der Waals surface area contributed by atoms with E-state index in [-0.39, 0.29) is 5.75 Å². The number of ether oxygens (including phenoxy) is 1. The minimum Gasteiger partial charge on any atom is -0.508 e. The molecule has 0 atom stereocenters. The number of aromatic hydroxyl groups is 1. The van der Waals surface area contributed by atoms with Gasteiger partial charge in [-0.3, -0.25) is 0 Å². The number of phenolic OH excluding ortho intramolecular Hbond substituents is 1. The largest absolute Gasteiger partial charge is 0.508 e. The molecule has 1 N–H and O–H groups in total. The fraction of sp³-hybridized carbons (Fsp3) is 0.333. The number of phenols is 1. The molecular weight excluding hydrogens is 326 g/mol. The molecule has 6 heteroatoms. The summed E-state index contributed by atoms with van der Waals surface area (Å²) in [5.74, 6) is 0.857. The third kappa shape index (κ3) is 3.33. The van der Waals surface area contributed by atoms with E-state index >= 15 is 0 Å². The highest BCUT2D eigenvalue weighted by Crippen LogP contribution is 2.38. The quantitative estimate of drug-likeness (QED) is 0.913. The van der Waals surface area contributed by atoms with Crippen LogP contribution in [0.5, 0.6) is 11.5 Å². The highest BCUT2D eigenvalue weighted by Gasteiger charge is 2.24. The van der Waals surface area contributed by atoms with E-state index in [2.05, 4.69) is 0 Å². The summed E-state index contributed by atoms with van der Waals surface area (Å²) in [6.45, 7) is 7.23. The summed E-state index contributed by atoms with van der Waals surface area (Å²) in [6.07, 6.45) is 1.17. The smallest absolute Gasteiger partial charge is 0.236 e. The van der Waals surface area contributed by atoms with Crippen LogP contribution in [0.2, 0.25) is 0 Å². The molecule has 0 fully saturated rings. The Kier molecular flexibility index (Phi) is 4.80. The first-order valence-electron chi connectivity index (χ1n) is 7.52. The fourth-order valence-electron chi connectivity index (χ4n) is 2.70. The molecule has 0 aromatic heterocycles. The maximum absolute atomic E-state index is 12.5. The van der Waals surface area contributed by atoms with Gasteiger partial charge in [0.15, 0.2) is 0 Å². The van der Waals surface area contributed by atoms with Crippen LogP contribution in [0.4, 0.5) is 11.4 Å². The van der Waals surface area contributed by atoms with E-state index in [0.29, 0.717) is 28.3 Å². The Hall–Kier alpha value is -2.21. The van der Waals surface area contributed by atoms with Crippen LogP contribution in [0.25, 0.3) is 0 Å². The Morgan fingerprint density at radius 2 is 1.38 bits per heavy atom. The van der Waals surface area contributed by atoms with Crippen LogP contribution in [0.15, 0.2) is 24.3 Å². The summed E-state index contributed by atoms with van der Waals surface area (Å²) in [4.78, 5) is 0. The Bertz CT molecular complexity index is 888. The van der Waals surface area contributed by atoms with Gasteiger partial charge in [0.05, 0.1) is 24.7 Å². The van der Waals surface area contributed by atoms with Crippen LogP contribution < -0.4 is 9.04 Å². The van der Waals surface area contributed by atoms with Crippen molar-refractivity contribution in [1.82, 2.24) is 0 Å². The van der Waals surface area contributed by atoms with E-state index in [1.807, 2.05) is 19.9 Å². The van der Waals surface area contributed by atoms with Crippen LogP contribution in [0, 0.1) is 27.7 Å². The van der Waals surface area contributed by atoms with Crippen molar-refractivity contribution in [3.05, 3.63) is 46.5 Å². The number of methoxy groups -OCH3 is 1. The van der Waals surface area contributed by atoms with Crippen molar-refractivity contribution in [3.8, 4) is 11.5 Å². The SMILES string of the molecule is COc1cc(C)c(N(c2cc(C)c(O)cc2C)S(C)(=O)=O)cc1C. The highest BCUT2D eigenvalue weighted by molar-refractivity contribution is 7.92. The van der Waals surface area contributed by atoms with Crippen LogP contribution >= 0.6 is 0 Å². The zero-order chi connectivity index (χ0) is 18.2. The molecule has 0 amide bonds. The predicted octanol–water partition coefficient (Wildman–Crippen LogP) is 3.73. The first-order chi connectivity index (χ1) is 11.1. The number of anilines is 2. The first-order valence-corrected chi connectivity index (χ1v) is 9.37. The summed E-state index contributed by atoms with van der Waals surface area (Å²) in [7, 11) is -1.98. The van der Waals surface area contributed by atoms with Crippen molar-refractivity contribution < 1.29 is 18.3 Å². The second-order valence-electron chi connectivity index (χ2n) is 6.06. The van der Waals surface area contributed by atoms with E-state index in [0.717, 1.165) is 11.1 Å². The van der Waals surface area contributed by atoms with Crippen molar-refractivity contribution in [2.45, 2.75) is 27.7 Å². The second-order valence-corrected chi connectivity index (χ2v) is 7.89. The van der Waals surface area contributed by atoms with Gasteiger partial charge in [0.25, 0.3) is 0 Å².